The molecule has 0 bridgehead atoms. The Kier molecular flexibility index (Phi) is 6.27. The van der Waals surface area contributed by atoms with Crippen LogP contribution in [0.3, 0.4) is 0 Å². The molecule has 2 aromatic rings. The van der Waals surface area contributed by atoms with Crippen LogP contribution in [0.4, 0.5) is 5.00 Å². The van der Waals surface area contributed by atoms with Gasteiger partial charge in [0.1, 0.15) is 0 Å². The van der Waals surface area contributed by atoms with Crippen molar-refractivity contribution in [3.8, 4) is 0 Å². The molecule has 0 aliphatic heterocycles. The normalized spacial score (nSPS) is 10.8. The number of hydrogen-bond acceptors (Lipinski definition) is 8. The first-order valence-electron chi connectivity index (χ1n) is 6.00. The summed E-state index contributed by atoms with van der Waals surface area (Å²) in [6, 6.07) is 1.62. The van der Waals surface area contributed by atoms with Gasteiger partial charge in [-0.15, -0.1) is 10.2 Å². The molecule has 20 heavy (non-hydrogen) atoms. The van der Waals surface area contributed by atoms with Crippen LogP contribution in [0.1, 0.15) is 25.3 Å². The Morgan fingerprint density at radius 3 is 2.75 bits per heavy atom. The fourth-order valence-corrected chi connectivity index (χ4v) is 5.24. The van der Waals surface area contributed by atoms with Gasteiger partial charge in [0.2, 0.25) is 0 Å². The summed E-state index contributed by atoms with van der Waals surface area (Å²) in [6.45, 7) is 2.17. The van der Waals surface area contributed by atoms with Gasteiger partial charge < -0.3 is 0 Å². The van der Waals surface area contributed by atoms with Gasteiger partial charge in [-0.05, 0) is 12.0 Å². The van der Waals surface area contributed by atoms with Crippen LogP contribution in [0.2, 0.25) is 0 Å². The van der Waals surface area contributed by atoms with Gasteiger partial charge in [0.25, 0.3) is 0 Å². The molecule has 0 unspecified atom stereocenters. The zero-order valence-electron chi connectivity index (χ0n) is 10.8. The molecule has 0 aliphatic carbocycles. The van der Waals surface area contributed by atoms with E-state index in [4.69, 9.17) is 0 Å². The third kappa shape index (κ3) is 4.72. The molecule has 0 atom stereocenters. The van der Waals surface area contributed by atoms with Crippen LogP contribution in [-0.4, -0.2) is 20.9 Å². The first-order valence-corrected chi connectivity index (χ1v) is 9.66. The van der Waals surface area contributed by atoms with Crippen LogP contribution in [0.5, 0.6) is 0 Å². The van der Waals surface area contributed by atoms with Crippen molar-refractivity contribution >= 4 is 51.2 Å². The molecule has 2 rings (SSSR count). The Labute approximate surface area is 133 Å². The van der Waals surface area contributed by atoms with Crippen LogP contribution in [0.25, 0.3) is 0 Å². The molecule has 0 aromatic carbocycles. The number of unbranched alkanes of at least 4 members (excludes halogenated alkanes) is 1. The van der Waals surface area contributed by atoms with Crippen LogP contribution in [-0.2, 0) is 5.75 Å². The number of thioether (sulfide) groups is 2. The van der Waals surface area contributed by atoms with Crippen LogP contribution >= 0.6 is 46.2 Å². The van der Waals surface area contributed by atoms with Crippen molar-refractivity contribution in [1.29, 1.82) is 0 Å². The van der Waals surface area contributed by atoms with E-state index in [0.717, 1.165) is 31.3 Å². The Balaban J connectivity index is 1.82. The van der Waals surface area contributed by atoms with E-state index in [2.05, 4.69) is 17.1 Å². The van der Waals surface area contributed by atoms with Crippen molar-refractivity contribution in [3.63, 3.8) is 0 Å². The maximum Gasteiger partial charge on any atom is 0.324 e. The van der Waals surface area contributed by atoms with E-state index in [9.17, 15) is 10.1 Å². The lowest BCUT2D eigenvalue weighted by Crippen LogP contribution is -1.82. The first-order chi connectivity index (χ1) is 9.69. The highest BCUT2D eigenvalue weighted by atomic mass is 32.2. The van der Waals surface area contributed by atoms with Crippen molar-refractivity contribution in [2.24, 2.45) is 0 Å². The second kappa shape index (κ2) is 7.96. The number of hydrogen-bond donors (Lipinski definition) is 0. The Bertz CT molecular complexity index is 570. The van der Waals surface area contributed by atoms with Crippen molar-refractivity contribution in [2.75, 3.05) is 5.75 Å². The maximum atomic E-state index is 10.6. The van der Waals surface area contributed by atoms with Gasteiger partial charge >= 0.3 is 5.00 Å². The minimum atomic E-state index is -0.355. The van der Waals surface area contributed by atoms with Crippen molar-refractivity contribution in [3.05, 3.63) is 27.1 Å². The van der Waals surface area contributed by atoms with E-state index in [1.165, 1.54) is 12.8 Å². The largest absolute Gasteiger partial charge is 0.324 e. The Morgan fingerprint density at radius 2 is 2.10 bits per heavy atom. The second-order valence-electron chi connectivity index (χ2n) is 3.87. The lowest BCUT2D eigenvalue weighted by atomic mass is 10.4. The van der Waals surface area contributed by atoms with Crippen molar-refractivity contribution < 1.29 is 4.92 Å². The quantitative estimate of drug-likeness (QED) is 0.298. The third-order valence-corrected chi connectivity index (χ3v) is 6.57. The van der Waals surface area contributed by atoms with E-state index < -0.39 is 0 Å². The van der Waals surface area contributed by atoms with E-state index in [1.54, 1.807) is 40.9 Å². The van der Waals surface area contributed by atoms with Gasteiger partial charge in [-0.1, -0.05) is 59.5 Å². The monoisotopic (exact) mass is 347 g/mol. The van der Waals surface area contributed by atoms with Gasteiger partial charge in [-0.3, -0.25) is 10.1 Å². The topological polar surface area (TPSA) is 68.9 Å². The molecule has 0 saturated carbocycles. The van der Waals surface area contributed by atoms with E-state index >= 15 is 0 Å². The summed E-state index contributed by atoms with van der Waals surface area (Å²) in [4.78, 5) is 10.2. The summed E-state index contributed by atoms with van der Waals surface area (Å²) in [5, 5.41) is 20.9. The molecular formula is C11H13N3O2S4. The van der Waals surface area contributed by atoms with Gasteiger partial charge in [-0.2, -0.15) is 0 Å². The molecule has 0 N–H and O–H groups in total. The van der Waals surface area contributed by atoms with Gasteiger partial charge in [0.15, 0.2) is 8.68 Å². The summed E-state index contributed by atoms with van der Waals surface area (Å²) in [6.07, 6.45) is 2.37. The zero-order valence-corrected chi connectivity index (χ0v) is 14.0. The number of nitro groups is 1. The smallest absolute Gasteiger partial charge is 0.258 e. The Morgan fingerprint density at radius 1 is 1.35 bits per heavy atom. The summed E-state index contributed by atoms with van der Waals surface area (Å²) in [7, 11) is 0. The first kappa shape index (κ1) is 15.7. The van der Waals surface area contributed by atoms with Gasteiger partial charge in [-0.25, -0.2) is 0 Å². The number of rotatable bonds is 8. The molecule has 0 radical (unpaired) electrons. The lowest BCUT2D eigenvalue weighted by Gasteiger charge is -1.93. The van der Waals surface area contributed by atoms with Crippen LogP contribution in [0, 0.1) is 10.1 Å². The molecule has 0 spiro atoms. The molecule has 108 valence electrons. The SMILES string of the molecule is CCCCSc1nnc(SCc2csc([N+](=O)[O-])c2)s1. The number of aromatic nitrogens is 2. The standard InChI is InChI=1S/C11H13N3O2S4/c1-2-3-4-17-10-12-13-11(20-10)19-7-8-5-9(14(15)16)18-6-8/h5-6H,2-4,7H2,1H3. The van der Waals surface area contributed by atoms with Gasteiger partial charge in [0, 0.05) is 23.0 Å². The van der Waals surface area contributed by atoms with E-state index in [1.807, 2.05) is 5.38 Å². The lowest BCUT2D eigenvalue weighted by molar-refractivity contribution is -0.380. The minimum absolute atomic E-state index is 0.189. The average molecular weight is 348 g/mol. The third-order valence-electron chi connectivity index (χ3n) is 2.29. The highest BCUT2D eigenvalue weighted by Crippen LogP contribution is 2.33. The fourth-order valence-electron chi connectivity index (χ4n) is 1.30. The van der Waals surface area contributed by atoms with Crippen LogP contribution < -0.4 is 0 Å². The predicted octanol–water partition coefficient (Wildman–Crippen LogP) is 4.69. The Hall–Kier alpha value is -0.640. The highest BCUT2D eigenvalue weighted by Gasteiger charge is 2.11. The molecule has 0 saturated heterocycles. The van der Waals surface area contributed by atoms with E-state index in [-0.39, 0.29) is 9.92 Å². The van der Waals surface area contributed by atoms with Crippen molar-refractivity contribution in [2.45, 2.75) is 34.2 Å². The van der Waals surface area contributed by atoms with Gasteiger partial charge in [0.05, 0.1) is 4.92 Å². The average Bonchev–Trinajstić information content (AvgIpc) is 3.05. The maximum absolute atomic E-state index is 10.6. The zero-order chi connectivity index (χ0) is 14.4. The summed E-state index contributed by atoms with van der Waals surface area (Å²) in [5.74, 6) is 1.77. The molecule has 5 nitrogen and oxygen atoms in total. The summed E-state index contributed by atoms with van der Waals surface area (Å²) >= 11 is 6.07. The van der Waals surface area contributed by atoms with Crippen LogP contribution in [0.15, 0.2) is 20.1 Å². The van der Waals surface area contributed by atoms with E-state index in [0.29, 0.717) is 5.75 Å². The molecule has 0 amide bonds. The minimum Gasteiger partial charge on any atom is -0.258 e. The molecule has 0 fully saturated rings. The summed E-state index contributed by atoms with van der Waals surface area (Å²) in [5.41, 5.74) is 0.960. The summed E-state index contributed by atoms with van der Waals surface area (Å²) < 4.78 is 1.91. The molecular weight excluding hydrogens is 334 g/mol. The number of nitrogens with zero attached hydrogens (tertiary/aromatic N) is 3. The molecule has 2 aromatic heterocycles. The molecule has 2 heterocycles. The number of thiophene rings is 1. The molecule has 9 heteroatoms. The predicted molar refractivity (Wildman–Crippen MR) is 86.1 cm³/mol. The highest BCUT2D eigenvalue weighted by molar-refractivity contribution is 8.02. The molecule has 0 aliphatic rings. The van der Waals surface area contributed by atoms with Crippen molar-refractivity contribution in [1.82, 2.24) is 10.2 Å². The second-order valence-corrected chi connectivity index (χ2v) is 8.31. The fraction of sp³-hybridized carbons (Fsp3) is 0.455.